The zero-order valence-corrected chi connectivity index (χ0v) is 31.4. The maximum atomic E-state index is 13.6. The minimum atomic E-state index is -3.40. The number of carbonyl (C=O) groups excluding carboxylic acids is 5. The second kappa shape index (κ2) is 21.5. The van der Waals surface area contributed by atoms with E-state index in [9.17, 15) is 42.2 Å². The van der Waals surface area contributed by atoms with Gasteiger partial charge in [-0.3, -0.25) is 9.59 Å². The van der Waals surface area contributed by atoms with Crippen LogP contribution in [0.5, 0.6) is 0 Å². The summed E-state index contributed by atoms with van der Waals surface area (Å²) in [6, 6.07) is -1.88. The Morgan fingerprint density at radius 1 is 0.413 bits per heavy atom. The van der Waals surface area contributed by atoms with Crippen LogP contribution in [0.25, 0.3) is 0 Å². The molecule has 0 aromatic heterocycles. The van der Waals surface area contributed by atoms with E-state index in [1.807, 2.05) is 0 Å². The van der Waals surface area contributed by atoms with Crippen molar-refractivity contribution in [3.8, 4) is 0 Å². The third kappa shape index (κ3) is 18.1. The lowest BCUT2D eigenvalue weighted by Crippen LogP contribution is -2.39. The molecule has 3 unspecified atom stereocenters. The van der Waals surface area contributed by atoms with E-state index in [0.29, 0.717) is 12.3 Å². The fraction of sp³-hybridized carbons (Fsp3) is 0.800. The van der Waals surface area contributed by atoms with Gasteiger partial charge in [0, 0.05) is 45.4 Å². The minimum absolute atomic E-state index is 0.0364. The molecule has 0 rings (SSSR count). The van der Waals surface area contributed by atoms with Crippen LogP contribution in [0.2, 0.25) is 0 Å². The van der Waals surface area contributed by atoms with Gasteiger partial charge in [0.15, 0.2) is 0 Å². The maximum Gasteiger partial charge on any atom is 0.315 e. The minimum Gasteiger partial charge on any atom is -0.349 e. The molecule has 0 fully saturated rings. The first-order valence-corrected chi connectivity index (χ1v) is 24.3. The van der Waals surface area contributed by atoms with Gasteiger partial charge < -0.3 is 60.8 Å². The van der Waals surface area contributed by atoms with Crippen LogP contribution < -0.4 is 42.5 Å². The van der Waals surface area contributed by atoms with Gasteiger partial charge in [-0.1, -0.05) is 27.7 Å². The molecule has 0 aliphatic rings. The van der Waals surface area contributed by atoms with Gasteiger partial charge in [-0.15, -0.1) is 0 Å². The Morgan fingerprint density at radius 3 is 1.11 bits per heavy atom. The summed E-state index contributed by atoms with van der Waals surface area (Å²) in [5.41, 5.74) is 0. The van der Waals surface area contributed by atoms with Crippen molar-refractivity contribution in [3.05, 3.63) is 0 Å². The maximum absolute atomic E-state index is 13.6. The van der Waals surface area contributed by atoms with E-state index in [1.54, 1.807) is 27.7 Å². The molecular formula is C25H54N8O9P4. The lowest BCUT2D eigenvalue weighted by molar-refractivity contribution is -0.121. The molecular weight excluding hydrogens is 680 g/mol. The molecule has 0 spiro atoms. The highest BCUT2D eigenvalue weighted by Gasteiger charge is 2.28. The first-order valence-electron chi connectivity index (χ1n) is 15.2. The van der Waals surface area contributed by atoms with E-state index in [0.717, 1.165) is 0 Å². The average Bonchev–Trinajstić information content (AvgIpc) is 3.07. The Balaban J connectivity index is 5.09. The Bertz CT molecular complexity index is 1230. The SMILES string of the molecule is CCP(=O)(CC)CNC(=O)CCP(=O)(CC)CNC(=O)NCP(=O)(CCC(=O)NCP(=O)(CC)CNC(=O)NC)CNC(=O)NC. The fourth-order valence-corrected chi connectivity index (χ4v) is 10.1. The highest BCUT2D eigenvalue weighted by atomic mass is 31.2. The van der Waals surface area contributed by atoms with Gasteiger partial charge >= 0.3 is 18.1 Å². The predicted octanol–water partition coefficient (Wildman–Crippen LogP) is 2.43. The number of carbonyl (C=O) groups is 5. The third-order valence-corrected chi connectivity index (χ3v) is 18.6. The number of rotatable bonds is 22. The van der Waals surface area contributed by atoms with E-state index in [4.69, 9.17) is 0 Å². The highest BCUT2D eigenvalue weighted by Crippen LogP contribution is 2.46. The largest absolute Gasteiger partial charge is 0.349 e. The van der Waals surface area contributed by atoms with Crippen LogP contribution in [0.4, 0.5) is 14.4 Å². The van der Waals surface area contributed by atoms with Gasteiger partial charge in [-0.05, 0) is 18.5 Å². The molecule has 0 saturated heterocycles. The summed E-state index contributed by atoms with van der Waals surface area (Å²) in [6.07, 6.45) is -0.184. The summed E-state index contributed by atoms with van der Waals surface area (Å²) in [5, 5.41) is 19.7. The van der Waals surface area contributed by atoms with Gasteiger partial charge in [0.25, 0.3) is 0 Å². The summed E-state index contributed by atoms with van der Waals surface area (Å²) in [5.74, 6) is -0.912. The number of nitrogens with one attached hydrogen (secondary N) is 8. The van der Waals surface area contributed by atoms with Crippen LogP contribution in [-0.2, 0) is 27.8 Å². The molecule has 268 valence electrons. The second-order valence-electron chi connectivity index (χ2n) is 10.8. The molecule has 3 atom stereocenters. The van der Waals surface area contributed by atoms with Crippen LogP contribution in [0, 0.1) is 0 Å². The number of hydrogen-bond acceptors (Lipinski definition) is 9. The number of amides is 8. The highest BCUT2D eigenvalue weighted by molar-refractivity contribution is 7.64. The summed E-state index contributed by atoms with van der Waals surface area (Å²) in [6.45, 7) is 6.96. The zero-order valence-electron chi connectivity index (χ0n) is 27.9. The van der Waals surface area contributed by atoms with Crippen molar-refractivity contribution in [2.75, 3.05) is 88.8 Å². The van der Waals surface area contributed by atoms with E-state index in [-0.39, 0.29) is 81.1 Å². The molecule has 0 bridgehead atoms. The topological polar surface area (TPSA) is 250 Å². The van der Waals surface area contributed by atoms with Crippen molar-refractivity contribution in [2.24, 2.45) is 0 Å². The molecule has 46 heavy (non-hydrogen) atoms. The van der Waals surface area contributed by atoms with Gasteiger partial charge in [0.1, 0.15) is 28.6 Å². The molecule has 17 nitrogen and oxygen atoms in total. The third-order valence-electron chi connectivity index (χ3n) is 7.49. The molecule has 8 amide bonds. The second-order valence-corrected chi connectivity index (χ2v) is 24.6. The van der Waals surface area contributed by atoms with Crippen LogP contribution in [0.1, 0.15) is 40.5 Å². The van der Waals surface area contributed by atoms with Crippen molar-refractivity contribution in [1.29, 1.82) is 0 Å². The molecule has 8 N–H and O–H groups in total. The van der Waals surface area contributed by atoms with Crippen molar-refractivity contribution in [3.63, 3.8) is 0 Å². The Kier molecular flexibility index (Phi) is 20.4. The lowest BCUT2D eigenvalue weighted by Gasteiger charge is -2.21. The van der Waals surface area contributed by atoms with E-state index in [1.165, 1.54) is 14.1 Å². The predicted molar refractivity (Wildman–Crippen MR) is 184 cm³/mol. The molecule has 0 aromatic rings. The summed E-state index contributed by atoms with van der Waals surface area (Å²) >= 11 is 0. The van der Waals surface area contributed by atoms with Crippen LogP contribution in [0.15, 0.2) is 0 Å². The van der Waals surface area contributed by atoms with Gasteiger partial charge in [-0.25, -0.2) is 14.4 Å². The van der Waals surface area contributed by atoms with E-state index >= 15 is 0 Å². The fourth-order valence-electron chi connectivity index (χ4n) is 3.64. The molecule has 0 radical (unpaired) electrons. The van der Waals surface area contributed by atoms with Gasteiger partial charge in [0.2, 0.25) is 11.8 Å². The number of urea groups is 3. The normalized spacial score (nSPS) is 15.1. The van der Waals surface area contributed by atoms with Crippen molar-refractivity contribution >= 4 is 58.5 Å². The van der Waals surface area contributed by atoms with Gasteiger partial charge in [0.05, 0.1) is 37.7 Å². The first-order chi connectivity index (χ1) is 21.5. The Hall–Kier alpha value is -2.33. The quantitative estimate of drug-likeness (QED) is 0.0760. The molecule has 0 saturated carbocycles. The van der Waals surface area contributed by atoms with E-state index in [2.05, 4.69) is 42.5 Å². The zero-order chi connectivity index (χ0) is 35.4. The molecule has 21 heteroatoms. The summed E-state index contributed by atoms with van der Waals surface area (Å²) in [4.78, 5) is 60.5. The first kappa shape index (κ1) is 43.7. The van der Waals surface area contributed by atoms with Crippen molar-refractivity contribution < 1.29 is 42.2 Å². The average molecular weight is 735 g/mol. The molecule has 0 heterocycles. The van der Waals surface area contributed by atoms with Gasteiger partial charge in [-0.2, -0.15) is 0 Å². The smallest absolute Gasteiger partial charge is 0.315 e. The van der Waals surface area contributed by atoms with Crippen LogP contribution in [0.3, 0.4) is 0 Å². The Labute approximate surface area is 272 Å². The van der Waals surface area contributed by atoms with Crippen LogP contribution in [-0.4, -0.2) is 119 Å². The standard InChI is InChI=1S/C25H54N8O9P4/c1-7-43(39,8-2)15-28-21(34)11-13-44(40,9-3)17-32-25(38)33-20-46(42,19-31-24(37)27-6)14-12-22(35)29-16-45(41,10-4)18-30-23(36)26-5/h7-20H2,1-6H3,(H,28,34)(H,29,35)(H2,26,30,36)(H2,27,31,37)(H2,32,33,38). The number of hydrogen-bond donors (Lipinski definition) is 8. The summed E-state index contributed by atoms with van der Waals surface area (Å²) < 4.78 is 52.3. The molecule has 0 aromatic carbocycles. The monoisotopic (exact) mass is 734 g/mol. The Morgan fingerprint density at radius 2 is 0.717 bits per heavy atom. The van der Waals surface area contributed by atoms with Crippen molar-refractivity contribution in [2.45, 2.75) is 40.5 Å². The summed E-state index contributed by atoms with van der Waals surface area (Å²) in [7, 11) is -9.01. The molecule has 0 aliphatic heterocycles. The van der Waals surface area contributed by atoms with Crippen LogP contribution >= 0.6 is 28.6 Å². The van der Waals surface area contributed by atoms with E-state index < -0.39 is 52.6 Å². The van der Waals surface area contributed by atoms with Crippen molar-refractivity contribution in [1.82, 2.24) is 42.5 Å². The molecule has 0 aliphatic carbocycles. The lowest BCUT2D eigenvalue weighted by atomic mass is 10.5.